The van der Waals surface area contributed by atoms with E-state index in [0.717, 1.165) is 30.5 Å². The molecule has 0 saturated carbocycles. The molecule has 2 aromatic rings. The Labute approximate surface area is 194 Å². The van der Waals surface area contributed by atoms with Crippen LogP contribution in [0.5, 0.6) is 17.2 Å². The van der Waals surface area contributed by atoms with Crippen molar-refractivity contribution in [2.24, 2.45) is 10.9 Å². The summed E-state index contributed by atoms with van der Waals surface area (Å²) in [6.07, 6.45) is 9.54. The molecule has 1 heterocycles. The lowest BCUT2D eigenvalue weighted by atomic mass is 9.71. The van der Waals surface area contributed by atoms with Gasteiger partial charge in [-0.05, 0) is 41.9 Å². The van der Waals surface area contributed by atoms with E-state index in [1.54, 1.807) is 0 Å². The highest BCUT2D eigenvalue weighted by Gasteiger charge is 2.34. The van der Waals surface area contributed by atoms with E-state index in [2.05, 4.69) is 54.7 Å². The number of rotatable bonds is 5. The Morgan fingerprint density at radius 3 is 2.70 bits per heavy atom. The minimum atomic E-state index is -0.705. The maximum atomic E-state index is 10.5. The molecule has 4 N–H and O–H groups in total. The van der Waals surface area contributed by atoms with E-state index in [1.807, 2.05) is 0 Å². The zero-order valence-electron chi connectivity index (χ0n) is 18.7. The molecule has 3 aliphatic rings. The van der Waals surface area contributed by atoms with Crippen LogP contribution < -0.4 is 5.32 Å². The predicted molar refractivity (Wildman–Crippen MR) is 128 cm³/mol. The van der Waals surface area contributed by atoms with Crippen LogP contribution in [0.4, 0.5) is 0 Å². The van der Waals surface area contributed by atoms with Gasteiger partial charge in [-0.15, -0.1) is 0 Å². The Hall–Kier alpha value is -3.09. The van der Waals surface area contributed by atoms with E-state index in [9.17, 15) is 15.3 Å². The van der Waals surface area contributed by atoms with Crippen LogP contribution in [-0.2, 0) is 4.74 Å². The maximum Gasteiger partial charge on any atom is 0.135 e. The standard InChI is InChI=1S/C27H30N2O4/c1-2-11-33-25-15-22(28-27(29-25)26-23(31)13-17(30)14-24(26)32)21-12-16-7-3-4-8-18(16)19-9-5-6-10-20(19)21/h3,5-7,9-10,12-14,16,18,25,27,29-32H,2,4,8,11,15H2,1H3. The number of allylic oxidation sites excluding steroid dienone is 4. The monoisotopic (exact) mass is 446 g/mol. The normalized spacial score (nSPS) is 26.2. The average Bonchev–Trinajstić information content (AvgIpc) is 2.81. The molecule has 6 heteroatoms. The number of phenols is 3. The van der Waals surface area contributed by atoms with Gasteiger partial charge in [0.15, 0.2) is 0 Å². The molecule has 0 aromatic heterocycles. The smallest absolute Gasteiger partial charge is 0.135 e. The quantitative estimate of drug-likeness (QED) is 0.478. The molecule has 0 fully saturated rings. The summed E-state index contributed by atoms with van der Waals surface area (Å²) in [6, 6.07) is 11.0. The molecular weight excluding hydrogens is 416 g/mol. The number of nitrogens with zero attached hydrogens (tertiary/aromatic N) is 1. The molecule has 0 spiro atoms. The highest BCUT2D eigenvalue weighted by Crippen LogP contribution is 2.45. The lowest BCUT2D eigenvalue weighted by Gasteiger charge is -2.36. The first kappa shape index (κ1) is 21.7. The molecule has 1 aliphatic heterocycles. The van der Waals surface area contributed by atoms with Gasteiger partial charge in [0, 0.05) is 36.8 Å². The Balaban J connectivity index is 1.60. The Kier molecular flexibility index (Phi) is 5.96. The van der Waals surface area contributed by atoms with Gasteiger partial charge in [-0.25, -0.2) is 0 Å². The summed E-state index contributed by atoms with van der Waals surface area (Å²) >= 11 is 0. The number of hydrogen-bond acceptors (Lipinski definition) is 6. The van der Waals surface area contributed by atoms with Gasteiger partial charge in [-0.2, -0.15) is 0 Å². The summed E-state index contributed by atoms with van der Waals surface area (Å²) in [7, 11) is 0. The molecule has 4 unspecified atom stereocenters. The van der Waals surface area contributed by atoms with Crippen molar-refractivity contribution in [3.8, 4) is 17.2 Å². The third-order valence-electron chi connectivity index (χ3n) is 6.71. The Bertz CT molecular complexity index is 1110. The number of aromatic hydroxyl groups is 3. The molecule has 5 rings (SSSR count). The van der Waals surface area contributed by atoms with Gasteiger partial charge >= 0.3 is 0 Å². The van der Waals surface area contributed by atoms with Crippen LogP contribution in [0.1, 0.15) is 61.4 Å². The summed E-state index contributed by atoms with van der Waals surface area (Å²) in [5.74, 6) is 0.178. The van der Waals surface area contributed by atoms with Crippen LogP contribution in [0.3, 0.4) is 0 Å². The maximum absolute atomic E-state index is 10.5. The van der Waals surface area contributed by atoms with Crippen molar-refractivity contribution in [1.82, 2.24) is 5.32 Å². The fourth-order valence-electron chi connectivity index (χ4n) is 5.23. The van der Waals surface area contributed by atoms with Crippen LogP contribution >= 0.6 is 0 Å². The molecule has 2 aromatic carbocycles. The Morgan fingerprint density at radius 1 is 1.12 bits per heavy atom. The molecule has 0 amide bonds. The summed E-state index contributed by atoms with van der Waals surface area (Å²) in [4.78, 5) is 4.95. The van der Waals surface area contributed by atoms with E-state index < -0.39 is 6.17 Å². The molecule has 33 heavy (non-hydrogen) atoms. The van der Waals surface area contributed by atoms with Crippen molar-refractivity contribution in [2.75, 3.05) is 6.61 Å². The van der Waals surface area contributed by atoms with Gasteiger partial charge in [0.2, 0.25) is 0 Å². The SMILES string of the molecule is CCCOC1CC(C2=CC3C=CCCC3c3ccccc32)=NC(c2c(O)cc(O)cc2O)N1. The second-order valence-electron chi connectivity index (χ2n) is 8.96. The molecule has 6 nitrogen and oxygen atoms in total. The molecule has 0 bridgehead atoms. The van der Waals surface area contributed by atoms with Gasteiger partial charge in [0.25, 0.3) is 0 Å². The van der Waals surface area contributed by atoms with Gasteiger partial charge in [-0.1, -0.05) is 49.4 Å². The lowest BCUT2D eigenvalue weighted by Crippen LogP contribution is -2.41. The number of aliphatic imine (C=N–C) groups is 1. The van der Waals surface area contributed by atoms with E-state index in [-0.39, 0.29) is 29.0 Å². The fourth-order valence-corrected chi connectivity index (χ4v) is 5.23. The first-order chi connectivity index (χ1) is 16.0. The first-order valence-corrected chi connectivity index (χ1v) is 11.7. The molecule has 0 saturated heterocycles. The van der Waals surface area contributed by atoms with Crippen molar-refractivity contribution in [3.63, 3.8) is 0 Å². The van der Waals surface area contributed by atoms with Crippen LogP contribution in [0.25, 0.3) is 5.57 Å². The van der Waals surface area contributed by atoms with E-state index in [0.29, 0.717) is 24.9 Å². The van der Waals surface area contributed by atoms with Crippen molar-refractivity contribution in [1.29, 1.82) is 0 Å². The van der Waals surface area contributed by atoms with Crippen molar-refractivity contribution >= 4 is 11.3 Å². The largest absolute Gasteiger partial charge is 0.508 e. The van der Waals surface area contributed by atoms with Gasteiger partial charge in [0.05, 0.1) is 5.56 Å². The van der Waals surface area contributed by atoms with Crippen LogP contribution in [0.2, 0.25) is 0 Å². The molecule has 0 radical (unpaired) electrons. The Morgan fingerprint density at radius 2 is 1.91 bits per heavy atom. The molecule has 2 aliphatic carbocycles. The number of phenolic OH excluding ortho intramolecular Hbond substituents is 3. The fraction of sp³-hybridized carbons (Fsp3) is 0.370. The zero-order valence-corrected chi connectivity index (χ0v) is 18.7. The van der Waals surface area contributed by atoms with E-state index in [4.69, 9.17) is 9.73 Å². The number of ether oxygens (including phenoxy) is 1. The number of hydrogen-bond donors (Lipinski definition) is 4. The minimum Gasteiger partial charge on any atom is -0.508 e. The number of fused-ring (bicyclic) bond motifs is 3. The van der Waals surface area contributed by atoms with Gasteiger partial charge in [-0.3, -0.25) is 10.3 Å². The average molecular weight is 447 g/mol. The highest BCUT2D eigenvalue weighted by atomic mass is 16.5. The summed E-state index contributed by atoms with van der Waals surface area (Å²) in [6.45, 7) is 2.65. The van der Waals surface area contributed by atoms with Crippen LogP contribution in [0, 0.1) is 5.92 Å². The third kappa shape index (κ3) is 4.16. The predicted octanol–water partition coefficient (Wildman–Crippen LogP) is 5.14. The zero-order chi connectivity index (χ0) is 22.9. The lowest BCUT2D eigenvalue weighted by molar-refractivity contribution is 0.0229. The van der Waals surface area contributed by atoms with Crippen LogP contribution in [0.15, 0.2) is 59.6 Å². The van der Waals surface area contributed by atoms with Gasteiger partial charge < -0.3 is 20.1 Å². The number of nitrogens with one attached hydrogen (secondary N) is 1. The summed E-state index contributed by atoms with van der Waals surface area (Å²) < 4.78 is 6.06. The topological polar surface area (TPSA) is 94.3 Å². The number of benzene rings is 2. The molecular formula is C27H30N2O4. The second-order valence-corrected chi connectivity index (χ2v) is 8.96. The van der Waals surface area contributed by atoms with Gasteiger partial charge in [0.1, 0.15) is 29.6 Å². The van der Waals surface area contributed by atoms with Crippen molar-refractivity contribution in [2.45, 2.75) is 50.9 Å². The molecule has 4 atom stereocenters. The second kappa shape index (κ2) is 9.04. The van der Waals surface area contributed by atoms with E-state index >= 15 is 0 Å². The highest BCUT2D eigenvalue weighted by molar-refractivity contribution is 6.25. The minimum absolute atomic E-state index is 0.202. The summed E-state index contributed by atoms with van der Waals surface area (Å²) in [5, 5.41) is 34.0. The molecule has 172 valence electrons. The van der Waals surface area contributed by atoms with Crippen LogP contribution in [-0.4, -0.2) is 33.9 Å². The third-order valence-corrected chi connectivity index (χ3v) is 6.71. The van der Waals surface area contributed by atoms with E-state index in [1.165, 1.54) is 23.3 Å². The summed E-state index contributed by atoms with van der Waals surface area (Å²) in [5.41, 5.74) is 4.75. The van der Waals surface area contributed by atoms with Crippen molar-refractivity contribution < 1.29 is 20.1 Å². The first-order valence-electron chi connectivity index (χ1n) is 11.7. The van der Waals surface area contributed by atoms with Crippen molar-refractivity contribution in [3.05, 3.63) is 71.3 Å².